The molecule has 6 fully saturated rings. The van der Waals surface area contributed by atoms with Crippen molar-refractivity contribution in [3.63, 3.8) is 0 Å². The van der Waals surface area contributed by atoms with Gasteiger partial charge >= 0.3 is 6.09 Å². The second-order valence-corrected chi connectivity index (χ2v) is 14.5. The van der Waals surface area contributed by atoms with E-state index >= 15 is 0 Å². The van der Waals surface area contributed by atoms with Crippen LogP contribution in [0, 0.1) is 50.7 Å². The Labute approximate surface area is 210 Å². The molecular formula is C29H47NO5. The van der Waals surface area contributed by atoms with Crippen molar-refractivity contribution in [3.05, 3.63) is 0 Å². The van der Waals surface area contributed by atoms with E-state index in [1.807, 2.05) is 0 Å². The van der Waals surface area contributed by atoms with Crippen molar-refractivity contribution < 1.29 is 24.5 Å². The predicted molar refractivity (Wildman–Crippen MR) is 133 cm³/mol. The van der Waals surface area contributed by atoms with Gasteiger partial charge < -0.3 is 25.0 Å². The quantitative estimate of drug-likeness (QED) is 0.531. The number of aliphatic hydroxyl groups is 2. The number of amides is 1. The molecule has 0 radical (unpaired) electrons. The standard InChI is InChI=1S/C29H47NO5/c1-16-13-17(14-34-24(33)30-6)35-22-21(16)26(4)11-12-29-15-28(29)10-9-20(31)25(2,3)18(28)7-8-19(29)27(26,5)23(22)32/h16-23,31-32H,7-15H2,1-6H3,(H,30,33)/t16-,17?,18+,19?,20?,21+,22?,23+,26?,27-,28?,29?/m1/s1. The van der Waals surface area contributed by atoms with Crippen LogP contribution in [0.5, 0.6) is 0 Å². The van der Waals surface area contributed by atoms with E-state index in [0.29, 0.717) is 34.5 Å². The van der Waals surface area contributed by atoms with Crippen LogP contribution >= 0.6 is 0 Å². The van der Waals surface area contributed by atoms with E-state index in [9.17, 15) is 15.0 Å². The molecule has 6 rings (SSSR count). The third-order valence-electron chi connectivity index (χ3n) is 13.5. The van der Waals surface area contributed by atoms with Crippen molar-refractivity contribution in [2.24, 2.45) is 50.7 Å². The van der Waals surface area contributed by atoms with E-state index in [4.69, 9.17) is 9.47 Å². The van der Waals surface area contributed by atoms with Crippen LogP contribution in [0.2, 0.25) is 0 Å². The molecule has 0 bridgehead atoms. The van der Waals surface area contributed by atoms with Gasteiger partial charge in [0.05, 0.1) is 24.4 Å². The van der Waals surface area contributed by atoms with Gasteiger partial charge in [-0.15, -0.1) is 0 Å². The minimum absolute atomic E-state index is 0.0215. The average Bonchev–Trinajstić information content (AvgIpc) is 3.45. The normalized spacial score (nSPS) is 57.6. The van der Waals surface area contributed by atoms with Crippen molar-refractivity contribution in [1.82, 2.24) is 5.32 Å². The molecule has 6 aliphatic rings. The molecule has 1 amide bonds. The lowest BCUT2D eigenvalue weighted by Crippen LogP contribution is -2.59. The molecule has 12 atom stereocenters. The Morgan fingerprint density at radius 1 is 1.03 bits per heavy atom. The van der Waals surface area contributed by atoms with Crippen LogP contribution in [0.15, 0.2) is 0 Å². The van der Waals surface area contributed by atoms with Gasteiger partial charge in [0.25, 0.3) is 0 Å². The minimum Gasteiger partial charge on any atom is -0.447 e. The summed E-state index contributed by atoms with van der Waals surface area (Å²) < 4.78 is 12.0. The van der Waals surface area contributed by atoms with Crippen molar-refractivity contribution in [3.8, 4) is 0 Å². The summed E-state index contributed by atoms with van der Waals surface area (Å²) in [6.07, 6.45) is 7.49. The molecule has 1 heterocycles. The maximum atomic E-state index is 12.1. The lowest BCUT2D eigenvalue weighted by Gasteiger charge is -2.63. The largest absolute Gasteiger partial charge is 0.447 e. The van der Waals surface area contributed by atoms with Gasteiger partial charge in [-0.2, -0.15) is 0 Å². The first kappa shape index (κ1) is 24.5. The number of carbonyl (C=O) groups excluding carboxylic acids is 1. The predicted octanol–water partition coefficient (Wildman–Crippen LogP) is 4.52. The topological polar surface area (TPSA) is 88.0 Å². The third kappa shape index (κ3) is 2.75. The molecule has 6 nitrogen and oxygen atoms in total. The summed E-state index contributed by atoms with van der Waals surface area (Å²) in [6, 6.07) is 0. The number of nitrogens with one attached hydrogen (secondary N) is 1. The van der Waals surface area contributed by atoms with Crippen LogP contribution in [0.1, 0.15) is 86.0 Å². The van der Waals surface area contributed by atoms with Crippen LogP contribution in [-0.4, -0.2) is 54.4 Å². The zero-order chi connectivity index (χ0) is 25.2. The Kier molecular flexibility index (Phi) is 5.16. The zero-order valence-electron chi connectivity index (χ0n) is 22.6. The third-order valence-corrected chi connectivity index (χ3v) is 13.5. The fourth-order valence-electron chi connectivity index (χ4n) is 11.7. The molecule has 5 saturated carbocycles. The van der Waals surface area contributed by atoms with E-state index in [-0.39, 0.29) is 41.2 Å². The zero-order valence-corrected chi connectivity index (χ0v) is 22.6. The minimum atomic E-state index is -0.499. The monoisotopic (exact) mass is 489 g/mol. The van der Waals surface area contributed by atoms with Crippen molar-refractivity contribution in [2.75, 3.05) is 13.7 Å². The molecule has 2 spiro atoms. The molecule has 1 aliphatic heterocycles. The summed E-state index contributed by atoms with van der Waals surface area (Å²) in [7, 11) is 1.57. The SMILES string of the molecule is CNC(=O)OCC1C[C@@H](C)[C@H]2C(O1)[C@H](O)[C@@]1(C)C3CC[C@H]4C(C)(C)C(O)CCC45CC35CCC21C. The van der Waals surface area contributed by atoms with E-state index < -0.39 is 12.2 Å². The van der Waals surface area contributed by atoms with Crippen LogP contribution in [-0.2, 0) is 9.47 Å². The molecule has 6 heteroatoms. The highest BCUT2D eigenvalue weighted by Crippen LogP contribution is 2.89. The number of rotatable bonds is 2. The molecule has 3 N–H and O–H groups in total. The Bertz CT molecular complexity index is 908. The number of fused-ring (bicyclic) bond motifs is 4. The van der Waals surface area contributed by atoms with Crippen LogP contribution in [0.3, 0.4) is 0 Å². The van der Waals surface area contributed by atoms with Crippen LogP contribution in [0.4, 0.5) is 4.79 Å². The Morgan fingerprint density at radius 3 is 2.43 bits per heavy atom. The number of alkyl carbamates (subject to hydrolysis) is 1. The molecule has 198 valence electrons. The molecule has 5 aliphatic carbocycles. The second kappa shape index (κ2) is 7.38. The van der Waals surface area contributed by atoms with Gasteiger partial charge in [0.15, 0.2) is 0 Å². The first-order valence-corrected chi connectivity index (χ1v) is 14.3. The maximum absolute atomic E-state index is 12.1. The van der Waals surface area contributed by atoms with Crippen molar-refractivity contribution in [1.29, 1.82) is 0 Å². The van der Waals surface area contributed by atoms with Crippen LogP contribution < -0.4 is 5.32 Å². The summed E-state index contributed by atoms with van der Waals surface area (Å²) in [5, 5.41) is 25.5. The van der Waals surface area contributed by atoms with E-state index in [1.165, 1.54) is 19.3 Å². The van der Waals surface area contributed by atoms with E-state index in [0.717, 1.165) is 32.1 Å². The number of aliphatic hydroxyl groups excluding tert-OH is 2. The molecular weight excluding hydrogens is 442 g/mol. The summed E-state index contributed by atoms with van der Waals surface area (Å²) in [5.41, 5.74) is 0.513. The number of hydrogen-bond acceptors (Lipinski definition) is 5. The highest BCUT2D eigenvalue weighted by Gasteiger charge is 2.84. The molecule has 0 aromatic rings. The molecule has 1 saturated heterocycles. The van der Waals surface area contributed by atoms with Gasteiger partial charge in [-0.1, -0.05) is 34.6 Å². The number of ether oxygens (including phenoxy) is 2. The Balaban J connectivity index is 1.31. The number of carbonyl (C=O) groups is 1. The molecule has 0 aromatic carbocycles. The molecule has 35 heavy (non-hydrogen) atoms. The molecule has 7 unspecified atom stereocenters. The van der Waals surface area contributed by atoms with Gasteiger partial charge in [0.1, 0.15) is 6.61 Å². The van der Waals surface area contributed by atoms with Gasteiger partial charge in [-0.05, 0) is 96.7 Å². The highest BCUT2D eigenvalue weighted by atomic mass is 16.6. The Morgan fingerprint density at radius 2 is 1.71 bits per heavy atom. The summed E-state index contributed by atoms with van der Waals surface area (Å²) in [5.74, 6) is 1.84. The van der Waals surface area contributed by atoms with Crippen molar-refractivity contribution >= 4 is 6.09 Å². The first-order valence-electron chi connectivity index (χ1n) is 14.3. The summed E-state index contributed by atoms with van der Waals surface area (Å²) >= 11 is 0. The van der Waals surface area contributed by atoms with Gasteiger partial charge in [-0.3, -0.25) is 0 Å². The summed E-state index contributed by atoms with van der Waals surface area (Å²) in [4.78, 5) is 11.7. The molecule has 0 aromatic heterocycles. The smallest absolute Gasteiger partial charge is 0.406 e. The maximum Gasteiger partial charge on any atom is 0.406 e. The first-order chi connectivity index (χ1) is 16.4. The van der Waals surface area contributed by atoms with Gasteiger partial charge in [0, 0.05) is 12.5 Å². The lowest BCUT2D eigenvalue weighted by atomic mass is 9.41. The van der Waals surface area contributed by atoms with E-state index in [2.05, 4.69) is 39.9 Å². The fourth-order valence-corrected chi connectivity index (χ4v) is 11.7. The Hall–Kier alpha value is -0.850. The van der Waals surface area contributed by atoms with Crippen LogP contribution in [0.25, 0.3) is 0 Å². The average molecular weight is 490 g/mol. The number of hydrogen-bond donors (Lipinski definition) is 3. The van der Waals surface area contributed by atoms with Gasteiger partial charge in [-0.25, -0.2) is 4.79 Å². The van der Waals surface area contributed by atoms with E-state index in [1.54, 1.807) is 7.05 Å². The fraction of sp³-hybridized carbons (Fsp3) is 0.966. The summed E-state index contributed by atoms with van der Waals surface area (Å²) in [6.45, 7) is 12.0. The lowest BCUT2D eigenvalue weighted by molar-refractivity contribution is -0.182. The van der Waals surface area contributed by atoms with Crippen molar-refractivity contribution in [2.45, 2.75) is 110 Å². The second-order valence-electron chi connectivity index (χ2n) is 14.5. The highest BCUT2D eigenvalue weighted by molar-refractivity contribution is 5.66. The van der Waals surface area contributed by atoms with Gasteiger partial charge in [0.2, 0.25) is 0 Å².